The van der Waals surface area contributed by atoms with Crippen molar-refractivity contribution in [2.75, 3.05) is 18.9 Å². The highest BCUT2D eigenvalue weighted by Crippen LogP contribution is 2.39. The number of imidazole rings is 1. The third-order valence-electron chi connectivity index (χ3n) is 4.59. The van der Waals surface area contributed by atoms with Crippen molar-refractivity contribution in [1.29, 1.82) is 0 Å². The molecule has 1 aliphatic heterocycles. The van der Waals surface area contributed by atoms with Crippen molar-refractivity contribution in [2.45, 2.75) is 26.2 Å². The highest BCUT2D eigenvalue weighted by molar-refractivity contribution is 5.81. The largest absolute Gasteiger partial charge is 0.382 e. The monoisotopic (exact) mass is 357 g/mol. The summed E-state index contributed by atoms with van der Waals surface area (Å²) in [6.07, 6.45) is 1.11. The Kier molecular flexibility index (Phi) is 4.29. The topological polar surface area (TPSA) is 88.1 Å². The zero-order valence-corrected chi connectivity index (χ0v) is 14.4. The van der Waals surface area contributed by atoms with E-state index in [1.807, 2.05) is 30.3 Å². The predicted octanol–water partition coefficient (Wildman–Crippen LogP) is 2.69. The minimum absolute atomic E-state index is 0.0261. The minimum Gasteiger partial charge on any atom is -0.382 e. The molecule has 0 aliphatic carbocycles. The molecule has 2 atom stereocenters. The predicted molar refractivity (Wildman–Crippen MR) is 93.5 cm³/mol. The first-order chi connectivity index (χ1) is 12.5. The second kappa shape index (κ2) is 6.62. The average Bonchev–Trinajstić information content (AvgIpc) is 3.20. The van der Waals surface area contributed by atoms with E-state index in [4.69, 9.17) is 15.2 Å². The molecule has 7 nitrogen and oxygen atoms in total. The lowest BCUT2D eigenvalue weighted by molar-refractivity contribution is 0.0232. The SMILES string of the molecule is C[C@@]1(COCc2ccccc2)CO[C@H](n2cnc3c(N)nc(F)nc32)C1. The molecule has 136 valence electrons. The minimum atomic E-state index is -0.872. The molecule has 0 amide bonds. The van der Waals surface area contributed by atoms with Crippen molar-refractivity contribution in [3.05, 3.63) is 48.3 Å². The molecule has 4 rings (SSSR count). The molecule has 26 heavy (non-hydrogen) atoms. The fourth-order valence-corrected chi connectivity index (χ4v) is 3.23. The van der Waals surface area contributed by atoms with Crippen LogP contribution in [0, 0.1) is 11.5 Å². The van der Waals surface area contributed by atoms with E-state index in [1.54, 1.807) is 10.9 Å². The Bertz CT molecular complexity index is 917. The molecule has 3 heterocycles. The van der Waals surface area contributed by atoms with Crippen molar-refractivity contribution in [3.8, 4) is 0 Å². The van der Waals surface area contributed by atoms with Gasteiger partial charge in [-0.05, 0) is 5.56 Å². The van der Waals surface area contributed by atoms with Gasteiger partial charge in [-0.25, -0.2) is 4.98 Å². The highest BCUT2D eigenvalue weighted by atomic mass is 19.1. The Labute approximate surface area is 150 Å². The van der Waals surface area contributed by atoms with Crippen molar-refractivity contribution in [3.63, 3.8) is 0 Å². The maximum atomic E-state index is 13.5. The van der Waals surface area contributed by atoms with Crippen LogP contribution in [0.25, 0.3) is 11.2 Å². The lowest BCUT2D eigenvalue weighted by Gasteiger charge is -2.21. The molecule has 0 unspecified atom stereocenters. The van der Waals surface area contributed by atoms with Crippen molar-refractivity contribution >= 4 is 17.0 Å². The Hall–Kier alpha value is -2.58. The van der Waals surface area contributed by atoms with Gasteiger partial charge in [-0.15, -0.1) is 0 Å². The quantitative estimate of drug-likeness (QED) is 0.707. The van der Waals surface area contributed by atoms with Gasteiger partial charge in [0, 0.05) is 11.8 Å². The number of rotatable bonds is 5. The fourth-order valence-electron chi connectivity index (χ4n) is 3.23. The molecule has 1 aliphatic rings. The summed E-state index contributed by atoms with van der Waals surface area (Å²) in [7, 11) is 0. The lowest BCUT2D eigenvalue weighted by Crippen LogP contribution is -2.23. The summed E-state index contributed by atoms with van der Waals surface area (Å²) in [5.74, 6) is 0.0261. The number of ether oxygens (including phenoxy) is 2. The molecule has 1 saturated heterocycles. The van der Waals surface area contributed by atoms with E-state index in [0.717, 1.165) is 5.56 Å². The van der Waals surface area contributed by atoms with Crippen LogP contribution in [-0.4, -0.2) is 32.7 Å². The standard InChI is InChI=1S/C18H20FN5O2/c1-18(9-25-8-12-5-3-2-4-6-12)7-13(26-10-18)24-11-21-14-15(20)22-17(19)23-16(14)24/h2-6,11,13H,7-10H2,1H3,(H2,20,22,23)/t13-,18+/m0/s1. The van der Waals surface area contributed by atoms with Crippen LogP contribution in [0.3, 0.4) is 0 Å². The highest BCUT2D eigenvalue weighted by Gasteiger charge is 2.38. The Balaban J connectivity index is 1.44. The van der Waals surface area contributed by atoms with Gasteiger partial charge in [0.05, 0.1) is 26.1 Å². The van der Waals surface area contributed by atoms with Crippen molar-refractivity contribution in [2.24, 2.45) is 5.41 Å². The summed E-state index contributed by atoms with van der Waals surface area (Å²) in [4.78, 5) is 11.5. The molecule has 1 aromatic carbocycles. The first-order valence-corrected chi connectivity index (χ1v) is 8.43. The maximum absolute atomic E-state index is 13.5. The van der Waals surface area contributed by atoms with Gasteiger partial charge < -0.3 is 15.2 Å². The maximum Gasteiger partial charge on any atom is 0.312 e. The van der Waals surface area contributed by atoms with E-state index in [-0.39, 0.29) is 17.5 Å². The number of halogens is 1. The first kappa shape index (κ1) is 16.9. The van der Waals surface area contributed by atoms with Crippen molar-refractivity contribution in [1.82, 2.24) is 19.5 Å². The molecule has 1 fully saturated rings. The molecular weight excluding hydrogens is 337 g/mol. The molecule has 0 bridgehead atoms. The van der Waals surface area contributed by atoms with E-state index in [0.29, 0.717) is 37.4 Å². The van der Waals surface area contributed by atoms with Crippen molar-refractivity contribution < 1.29 is 13.9 Å². The summed E-state index contributed by atoms with van der Waals surface area (Å²) in [5.41, 5.74) is 7.42. The second-order valence-electron chi connectivity index (χ2n) is 6.96. The van der Waals surface area contributed by atoms with E-state index in [2.05, 4.69) is 21.9 Å². The number of fused-ring (bicyclic) bond motifs is 1. The second-order valence-corrected chi connectivity index (χ2v) is 6.96. The number of nitrogens with two attached hydrogens (primary N) is 1. The lowest BCUT2D eigenvalue weighted by atomic mass is 9.90. The number of hydrogen-bond acceptors (Lipinski definition) is 6. The first-order valence-electron chi connectivity index (χ1n) is 8.43. The average molecular weight is 357 g/mol. The normalized spacial score (nSPS) is 22.9. The van der Waals surface area contributed by atoms with E-state index in [9.17, 15) is 4.39 Å². The molecule has 0 saturated carbocycles. The summed E-state index contributed by atoms with van der Waals surface area (Å²) < 4.78 is 27.0. The number of aromatic nitrogens is 4. The van der Waals surface area contributed by atoms with Crippen LogP contribution in [0.5, 0.6) is 0 Å². The van der Waals surface area contributed by atoms with Gasteiger partial charge in [-0.1, -0.05) is 37.3 Å². The molecule has 3 aromatic rings. The molecule has 0 radical (unpaired) electrons. The Morgan fingerprint density at radius 2 is 2.15 bits per heavy atom. The third kappa shape index (κ3) is 3.25. The Morgan fingerprint density at radius 3 is 2.96 bits per heavy atom. The fraction of sp³-hybridized carbons (Fsp3) is 0.389. The van der Waals surface area contributed by atoms with Gasteiger partial charge in [-0.2, -0.15) is 14.4 Å². The summed E-state index contributed by atoms with van der Waals surface area (Å²) in [6.45, 7) is 3.77. The van der Waals surface area contributed by atoms with Crippen LogP contribution >= 0.6 is 0 Å². The molecule has 2 N–H and O–H groups in total. The zero-order valence-electron chi connectivity index (χ0n) is 14.4. The van der Waals surface area contributed by atoms with Gasteiger partial charge in [0.25, 0.3) is 0 Å². The zero-order chi connectivity index (χ0) is 18.1. The Morgan fingerprint density at radius 1 is 1.35 bits per heavy atom. The number of hydrogen-bond donors (Lipinski definition) is 1. The molecular formula is C18H20FN5O2. The van der Waals surface area contributed by atoms with E-state index >= 15 is 0 Å². The van der Waals surface area contributed by atoms with Crippen LogP contribution in [0.2, 0.25) is 0 Å². The molecule has 0 spiro atoms. The number of benzene rings is 1. The number of anilines is 1. The van der Waals surface area contributed by atoms with Gasteiger partial charge in [0.2, 0.25) is 0 Å². The van der Waals surface area contributed by atoms with Crippen LogP contribution in [0.1, 0.15) is 25.1 Å². The van der Waals surface area contributed by atoms with Crippen LogP contribution in [0.4, 0.5) is 10.2 Å². The van der Waals surface area contributed by atoms with Gasteiger partial charge in [0.15, 0.2) is 17.0 Å². The summed E-state index contributed by atoms with van der Waals surface area (Å²) >= 11 is 0. The van der Waals surface area contributed by atoms with Gasteiger partial charge in [-0.3, -0.25) is 4.57 Å². The van der Waals surface area contributed by atoms with Crippen LogP contribution < -0.4 is 5.73 Å². The summed E-state index contributed by atoms with van der Waals surface area (Å²) in [6, 6.07) is 10.0. The molecule has 8 heteroatoms. The van der Waals surface area contributed by atoms with Gasteiger partial charge in [0.1, 0.15) is 6.23 Å². The summed E-state index contributed by atoms with van der Waals surface area (Å²) in [5, 5.41) is 0. The van der Waals surface area contributed by atoms with Crippen LogP contribution in [0.15, 0.2) is 36.7 Å². The van der Waals surface area contributed by atoms with Crippen LogP contribution in [-0.2, 0) is 16.1 Å². The number of nitrogen functional groups attached to an aromatic ring is 1. The number of nitrogens with zero attached hydrogens (tertiary/aromatic N) is 4. The third-order valence-corrected chi connectivity index (χ3v) is 4.59. The smallest absolute Gasteiger partial charge is 0.312 e. The van der Waals surface area contributed by atoms with E-state index in [1.165, 1.54) is 0 Å². The molecule has 2 aromatic heterocycles. The van der Waals surface area contributed by atoms with E-state index < -0.39 is 6.08 Å². The van der Waals surface area contributed by atoms with Gasteiger partial charge >= 0.3 is 6.08 Å².